The summed E-state index contributed by atoms with van der Waals surface area (Å²) in [6.07, 6.45) is -0.543. The lowest BCUT2D eigenvalue weighted by Crippen LogP contribution is -2.47. The van der Waals surface area contributed by atoms with Gasteiger partial charge in [0.2, 0.25) is 10.0 Å². The van der Waals surface area contributed by atoms with Gasteiger partial charge < -0.3 is 15.4 Å². The summed E-state index contributed by atoms with van der Waals surface area (Å²) in [5.41, 5.74) is 0.742. The maximum absolute atomic E-state index is 12.7. The van der Waals surface area contributed by atoms with Crippen molar-refractivity contribution < 1.29 is 31.2 Å². The van der Waals surface area contributed by atoms with Gasteiger partial charge in [-0.3, -0.25) is 9.59 Å². The van der Waals surface area contributed by atoms with Gasteiger partial charge in [-0.15, -0.1) is 11.3 Å². The second-order valence-electron chi connectivity index (χ2n) is 6.78. The van der Waals surface area contributed by atoms with Gasteiger partial charge in [-0.1, -0.05) is 18.2 Å². The largest absolute Gasteiger partial charge is 0.359 e. The predicted octanol–water partition coefficient (Wildman–Crippen LogP) is -0.782. The van der Waals surface area contributed by atoms with E-state index < -0.39 is 38.1 Å². The maximum Gasteiger partial charge on any atom is 0.309 e. The molecule has 1 saturated heterocycles. The summed E-state index contributed by atoms with van der Waals surface area (Å²) in [4.78, 5) is 24.0. The average molecular weight is 503 g/mol. The highest BCUT2D eigenvalue weighted by Crippen LogP contribution is 2.25. The van der Waals surface area contributed by atoms with Crippen molar-refractivity contribution in [3.05, 3.63) is 47.3 Å². The van der Waals surface area contributed by atoms with Crippen LogP contribution in [0.25, 0.3) is 0 Å². The first kappa shape index (κ1) is 24.3. The lowest BCUT2D eigenvalue weighted by molar-refractivity contribution is -0.139. The molecule has 2 heterocycles. The van der Waals surface area contributed by atoms with Crippen LogP contribution in [-0.4, -0.2) is 65.4 Å². The zero-order valence-corrected chi connectivity index (χ0v) is 19.2. The summed E-state index contributed by atoms with van der Waals surface area (Å²) >= 11 is 1.08. The molecule has 1 aromatic carbocycles. The number of rotatable bonds is 8. The average Bonchev–Trinajstić information content (AvgIpc) is 3.44. The smallest absolute Gasteiger partial charge is 0.309 e. The van der Waals surface area contributed by atoms with Gasteiger partial charge in [-0.2, -0.15) is 4.31 Å². The molecule has 0 spiro atoms. The van der Waals surface area contributed by atoms with E-state index in [9.17, 15) is 26.4 Å². The third kappa shape index (κ3) is 5.90. The van der Waals surface area contributed by atoms with Gasteiger partial charge in [0.15, 0.2) is 0 Å². The van der Waals surface area contributed by atoms with Crippen LogP contribution in [0.1, 0.15) is 5.56 Å². The van der Waals surface area contributed by atoms with E-state index in [2.05, 4.69) is 10.6 Å². The number of primary sulfonamides is 1. The van der Waals surface area contributed by atoms with Crippen molar-refractivity contribution >= 4 is 43.2 Å². The monoisotopic (exact) mass is 502 g/mol. The second kappa shape index (κ2) is 10.1. The molecule has 14 heteroatoms. The summed E-state index contributed by atoms with van der Waals surface area (Å²) in [5, 5.41) is 11.5. The molecule has 4 N–H and O–H groups in total. The fourth-order valence-corrected chi connectivity index (χ4v) is 6.12. The van der Waals surface area contributed by atoms with Crippen LogP contribution in [0, 0.1) is 0 Å². The lowest BCUT2D eigenvalue weighted by Gasteiger charge is -2.22. The number of thiophene rings is 1. The van der Waals surface area contributed by atoms with Crippen molar-refractivity contribution in [2.24, 2.45) is 5.14 Å². The van der Waals surface area contributed by atoms with Gasteiger partial charge in [0, 0.05) is 13.1 Å². The molecule has 32 heavy (non-hydrogen) atoms. The quantitative estimate of drug-likeness (QED) is 0.398. The van der Waals surface area contributed by atoms with Crippen LogP contribution in [0.3, 0.4) is 0 Å². The molecule has 0 saturated carbocycles. The Balaban J connectivity index is 1.46. The summed E-state index contributed by atoms with van der Waals surface area (Å²) in [5.74, 6) is -1.80. The Morgan fingerprint density at radius 3 is 2.41 bits per heavy atom. The molecule has 174 valence electrons. The summed E-state index contributed by atoms with van der Waals surface area (Å²) in [6, 6.07) is 8.96. The van der Waals surface area contributed by atoms with Gasteiger partial charge in [-0.05, 0) is 35.6 Å². The zero-order valence-electron chi connectivity index (χ0n) is 16.8. The van der Waals surface area contributed by atoms with E-state index in [4.69, 9.17) is 9.88 Å². The van der Waals surface area contributed by atoms with Crippen LogP contribution >= 0.6 is 11.3 Å². The second-order valence-corrected chi connectivity index (χ2v) is 11.4. The highest BCUT2D eigenvalue weighted by molar-refractivity contribution is 7.91. The van der Waals surface area contributed by atoms with Crippen LogP contribution in [0.2, 0.25) is 0 Å². The topological polar surface area (TPSA) is 165 Å². The van der Waals surface area contributed by atoms with Gasteiger partial charge in [0.25, 0.3) is 10.0 Å². The number of carbonyl (C=O) groups excluding carboxylic acids is 2. The lowest BCUT2D eigenvalue weighted by atomic mass is 10.1. The molecule has 2 amide bonds. The van der Waals surface area contributed by atoms with Gasteiger partial charge in [0.05, 0.1) is 18.0 Å². The maximum atomic E-state index is 12.7. The molecule has 0 bridgehead atoms. The molecule has 3 rings (SSSR count). The van der Waals surface area contributed by atoms with Crippen molar-refractivity contribution in [1.82, 2.24) is 14.9 Å². The molecular formula is C18H22N4O7S3. The number of carbonyl (C=O) groups is 2. The molecule has 1 aliphatic rings. The van der Waals surface area contributed by atoms with Crippen LogP contribution in [0.15, 0.2) is 50.9 Å². The third-order valence-corrected chi connectivity index (χ3v) is 8.79. The van der Waals surface area contributed by atoms with Crippen molar-refractivity contribution in [3.8, 4) is 0 Å². The minimum atomic E-state index is -3.78. The molecule has 0 unspecified atom stereocenters. The van der Waals surface area contributed by atoms with E-state index in [-0.39, 0.29) is 35.3 Å². The number of nitrogens with two attached hydrogens (primary N) is 1. The number of hydrogen-bond acceptors (Lipinski definition) is 8. The number of nitrogens with zero attached hydrogens (tertiary/aromatic N) is 1. The summed E-state index contributed by atoms with van der Waals surface area (Å²) < 4.78 is 54.5. The standard InChI is InChI=1S/C18H22N4O7S3/c19-31(25,26)14-5-3-13(4-6-14)7-8-20-17(23)18(24)21-12-15-22(9-10-29-15)32(27,28)16-2-1-11-30-16/h1-6,11,15H,7-10,12H2,(H,20,23)(H,21,24)(H2,19,25,26)/t15-/m0/s1. The number of amides is 2. The molecule has 1 aliphatic heterocycles. The zero-order chi connectivity index (χ0) is 23.4. The van der Waals surface area contributed by atoms with E-state index in [0.717, 1.165) is 21.2 Å². The van der Waals surface area contributed by atoms with Crippen LogP contribution in [-0.2, 0) is 40.8 Å². The molecule has 1 aromatic heterocycles. The van der Waals surface area contributed by atoms with Gasteiger partial charge >= 0.3 is 11.8 Å². The van der Waals surface area contributed by atoms with E-state index in [1.165, 1.54) is 18.2 Å². The fourth-order valence-electron chi connectivity index (χ4n) is 2.97. The van der Waals surface area contributed by atoms with Crippen LogP contribution < -0.4 is 15.8 Å². The first-order valence-electron chi connectivity index (χ1n) is 9.44. The van der Waals surface area contributed by atoms with E-state index in [0.29, 0.717) is 6.42 Å². The Kier molecular flexibility index (Phi) is 7.63. The molecule has 0 radical (unpaired) electrons. The summed E-state index contributed by atoms with van der Waals surface area (Å²) in [6.45, 7) is 0.296. The number of sulfonamides is 2. The molecule has 1 fully saturated rings. The summed E-state index contributed by atoms with van der Waals surface area (Å²) in [7, 11) is -7.52. The normalized spacial score (nSPS) is 17.2. The number of benzene rings is 1. The van der Waals surface area contributed by atoms with Gasteiger partial charge in [-0.25, -0.2) is 22.0 Å². The van der Waals surface area contributed by atoms with Crippen molar-refractivity contribution in [1.29, 1.82) is 0 Å². The first-order valence-corrected chi connectivity index (χ1v) is 13.3. The van der Waals surface area contributed by atoms with Gasteiger partial charge in [0.1, 0.15) is 10.4 Å². The Hall–Kier alpha value is -2.36. The minimum absolute atomic E-state index is 0.0195. The van der Waals surface area contributed by atoms with Crippen LogP contribution in [0.4, 0.5) is 0 Å². The highest BCUT2D eigenvalue weighted by Gasteiger charge is 2.37. The van der Waals surface area contributed by atoms with Crippen molar-refractivity contribution in [3.63, 3.8) is 0 Å². The van der Waals surface area contributed by atoms with E-state index >= 15 is 0 Å². The third-order valence-electron chi connectivity index (χ3n) is 4.60. The van der Waals surface area contributed by atoms with E-state index in [1.807, 2.05) is 0 Å². The SMILES string of the molecule is NS(=O)(=O)c1ccc(CCNC(=O)C(=O)NC[C@@H]2OCCN2S(=O)(=O)c2cccs2)cc1. The minimum Gasteiger partial charge on any atom is -0.359 e. The predicted molar refractivity (Wildman–Crippen MR) is 115 cm³/mol. The molecule has 0 aliphatic carbocycles. The highest BCUT2D eigenvalue weighted by atomic mass is 32.2. The van der Waals surface area contributed by atoms with Crippen LogP contribution in [0.5, 0.6) is 0 Å². The molecule has 2 aromatic rings. The number of ether oxygens (including phenoxy) is 1. The Bertz CT molecular complexity index is 1160. The van der Waals surface area contributed by atoms with Crippen molar-refractivity contribution in [2.75, 3.05) is 26.2 Å². The Morgan fingerprint density at radius 2 is 1.78 bits per heavy atom. The molecule has 1 atom stereocenters. The molecular weight excluding hydrogens is 480 g/mol. The van der Waals surface area contributed by atoms with Crippen molar-refractivity contribution in [2.45, 2.75) is 21.8 Å². The Labute approximate surface area is 189 Å². The number of hydrogen-bond donors (Lipinski definition) is 3. The molecule has 11 nitrogen and oxygen atoms in total. The fraction of sp³-hybridized carbons (Fsp3) is 0.333. The van der Waals surface area contributed by atoms with E-state index in [1.54, 1.807) is 23.6 Å². The Morgan fingerprint density at radius 1 is 1.09 bits per heavy atom. The number of nitrogens with one attached hydrogen (secondary N) is 2. The first-order chi connectivity index (χ1) is 15.1.